The van der Waals surface area contributed by atoms with Gasteiger partial charge in [0.05, 0.1) is 0 Å². The van der Waals surface area contributed by atoms with Crippen molar-refractivity contribution in [1.29, 1.82) is 0 Å². The Hall–Kier alpha value is -2.10. The third-order valence-corrected chi connectivity index (χ3v) is 3.75. The summed E-state index contributed by atoms with van der Waals surface area (Å²) in [6, 6.07) is 0. The van der Waals surface area contributed by atoms with E-state index in [4.69, 9.17) is 0 Å². The molecule has 1 aromatic rings. The first kappa shape index (κ1) is 17.3. The number of aromatic nitrogens is 2. The van der Waals surface area contributed by atoms with Crippen LogP contribution >= 0.6 is 0 Å². The maximum Gasteiger partial charge on any atom is 0.433 e. The highest BCUT2D eigenvalue weighted by molar-refractivity contribution is 5.79. The van der Waals surface area contributed by atoms with Crippen LogP contribution in [0.4, 0.5) is 13.2 Å². The van der Waals surface area contributed by atoms with Crippen LogP contribution < -0.4 is 5.32 Å². The van der Waals surface area contributed by atoms with Crippen molar-refractivity contribution in [1.82, 2.24) is 15.3 Å². The molecule has 0 aliphatic heterocycles. The fourth-order valence-electron chi connectivity index (χ4n) is 2.71. The van der Waals surface area contributed by atoms with E-state index in [2.05, 4.69) is 27.1 Å². The first-order valence-electron chi connectivity index (χ1n) is 7.43. The summed E-state index contributed by atoms with van der Waals surface area (Å²) in [5, 5.41) is 2.72. The lowest BCUT2D eigenvalue weighted by atomic mass is 9.85. The number of hydrogen-bond acceptors (Lipinski definition) is 3. The fourth-order valence-corrected chi connectivity index (χ4v) is 2.71. The highest BCUT2D eigenvalue weighted by Gasteiger charge is 2.39. The lowest BCUT2D eigenvalue weighted by Gasteiger charge is -2.25. The first-order valence-corrected chi connectivity index (χ1v) is 7.43. The molecular weight excluding hydrogens is 307 g/mol. The molecule has 124 valence electrons. The van der Waals surface area contributed by atoms with Crippen molar-refractivity contribution in [2.24, 2.45) is 5.92 Å². The van der Waals surface area contributed by atoms with Crippen LogP contribution in [0, 0.1) is 24.7 Å². The van der Waals surface area contributed by atoms with Gasteiger partial charge in [0.25, 0.3) is 0 Å². The van der Waals surface area contributed by atoms with Crippen molar-refractivity contribution in [2.75, 3.05) is 6.54 Å². The molecule has 1 unspecified atom stereocenters. The van der Waals surface area contributed by atoms with Crippen LogP contribution in [0.2, 0.25) is 0 Å². The van der Waals surface area contributed by atoms with E-state index in [-0.39, 0.29) is 23.7 Å². The third kappa shape index (κ3) is 4.21. The van der Waals surface area contributed by atoms with E-state index in [1.54, 1.807) is 6.92 Å². The van der Waals surface area contributed by atoms with Crippen LogP contribution in [0.25, 0.3) is 0 Å². The van der Waals surface area contributed by atoms with Gasteiger partial charge >= 0.3 is 6.18 Å². The Morgan fingerprint density at radius 2 is 2.13 bits per heavy atom. The third-order valence-electron chi connectivity index (χ3n) is 3.75. The Morgan fingerprint density at radius 1 is 1.39 bits per heavy atom. The van der Waals surface area contributed by atoms with Gasteiger partial charge in [-0.1, -0.05) is 0 Å². The number of nitrogens with zero attached hydrogens (tertiary/aromatic N) is 2. The van der Waals surface area contributed by atoms with Gasteiger partial charge in [0, 0.05) is 30.1 Å². The maximum absolute atomic E-state index is 13.2. The number of halogens is 3. The van der Waals surface area contributed by atoms with E-state index in [0.29, 0.717) is 31.5 Å². The van der Waals surface area contributed by atoms with Crippen molar-refractivity contribution in [3.05, 3.63) is 22.8 Å². The van der Waals surface area contributed by atoms with E-state index in [0.717, 1.165) is 0 Å². The monoisotopic (exact) mass is 325 g/mol. The second kappa shape index (κ2) is 6.99. The summed E-state index contributed by atoms with van der Waals surface area (Å²) in [7, 11) is 0. The van der Waals surface area contributed by atoms with Gasteiger partial charge in [-0.15, -0.1) is 11.8 Å². The maximum atomic E-state index is 13.2. The van der Waals surface area contributed by atoms with Crippen molar-refractivity contribution >= 4 is 5.91 Å². The van der Waals surface area contributed by atoms with Crippen LogP contribution in [-0.2, 0) is 23.8 Å². The van der Waals surface area contributed by atoms with Gasteiger partial charge in [0.1, 0.15) is 5.82 Å². The lowest BCUT2D eigenvalue weighted by Crippen LogP contribution is -2.35. The standard InChI is InChI=1S/C16H18F3N3O/c1-3-4-5-8-20-15(23)11-6-7-13-12(9-11)14(16(17,18)19)22-10(2)21-13/h11H,5-9H2,1-2H3,(H,20,23). The zero-order valence-corrected chi connectivity index (χ0v) is 13.0. The number of amides is 1. The number of fused-ring (bicyclic) bond motifs is 1. The second-order valence-electron chi connectivity index (χ2n) is 5.45. The van der Waals surface area contributed by atoms with Gasteiger partial charge in [-0.3, -0.25) is 4.79 Å². The fraction of sp³-hybridized carbons (Fsp3) is 0.562. The highest BCUT2D eigenvalue weighted by Crippen LogP contribution is 2.35. The van der Waals surface area contributed by atoms with E-state index in [9.17, 15) is 18.0 Å². The molecule has 1 aliphatic carbocycles. The second-order valence-corrected chi connectivity index (χ2v) is 5.45. The first-order chi connectivity index (χ1) is 10.8. The summed E-state index contributed by atoms with van der Waals surface area (Å²) in [5.41, 5.74) is -0.442. The van der Waals surface area contributed by atoms with Crippen LogP contribution in [0.3, 0.4) is 0 Å². The number of aryl methyl sites for hydroxylation is 2. The zero-order valence-electron chi connectivity index (χ0n) is 13.0. The van der Waals surface area contributed by atoms with Crippen molar-refractivity contribution in [3.8, 4) is 11.8 Å². The molecule has 0 radical (unpaired) electrons. The minimum atomic E-state index is -4.53. The molecule has 2 rings (SSSR count). The number of hydrogen-bond donors (Lipinski definition) is 1. The van der Waals surface area contributed by atoms with E-state index >= 15 is 0 Å². The van der Waals surface area contributed by atoms with Crippen LogP contribution in [0.15, 0.2) is 0 Å². The summed E-state index contributed by atoms with van der Waals surface area (Å²) in [6.45, 7) is 3.56. The quantitative estimate of drug-likeness (QED) is 0.686. The predicted octanol–water partition coefficient (Wildman–Crippen LogP) is 2.44. The lowest BCUT2D eigenvalue weighted by molar-refractivity contribution is -0.142. The Morgan fingerprint density at radius 3 is 2.78 bits per heavy atom. The molecule has 1 amide bonds. The summed E-state index contributed by atoms with van der Waals surface area (Å²) in [5.74, 6) is 4.94. The molecule has 7 heteroatoms. The van der Waals surface area contributed by atoms with Crippen LogP contribution in [0.1, 0.15) is 42.5 Å². The number of rotatable bonds is 3. The normalized spacial score (nSPS) is 17.0. The van der Waals surface area contributed by atoms with Gasteiger partial charge in [-0.05, 0) is 33.1 Å². The molecule has 0 bridgehead atoms. The predicted molar refractivity (Wildman–Crippen MR) is 78.4 cm³/mol. The zero-order chi connectivity index (χ0) is 17.0. The highest BCUT2D eigenvalue weighted by atomic mass is 19.4. The molecule has 1 aliphatic rings. The molecule has 0 saturated carbocycles. The van der Waals surface area contributed by atoms with Crippen molar-refractivity contribution < 1.29 is 18.0 Å². The summed E-state index contributed by atoms with van der Waals surface area (Å²) in [4.78, 5) is 19.8. The molecular formula is C16H18F3N3O. The number of carbonyl (C=O) groups excluding carboxylic acids is 1. The average Bonchev–Trinajstić information content (AvgIpc) is 2.49. The summed E-state index contributed by atoms with van der Waals surface area (Å²) in [6.07, 6.45) is -3.13. The van der Waals surface area contributed by atoms with Gasteiger partial charge in [0.15, 0.2) is 5.69 Å². The van der Waals surface area contributed by atoms with Crippen molar-refractivity contribution in [3.63, 3.8) is 0 Å². The molecule has 0 fully saturated rings. The molecule has 1 aromatic heterocycles. The van der Waals surface area contributed by atoms with Crippen molar-refractivity contribution in [2.45, 2.75) is 45.7 Å². The van der Waals surface area contributed by atoms with Gasteiger partial charge in [0.2, 0.25) is 5.91 Å². The van der Waals surface area contributed by atoms with E-state index in [1.807, 2.05) is 0 Å². The Balaban J connectivity index is 2.16. The molecule has 0 aromatic carbocycles. The molecule has 4 nitrogen and oxygen atoms in total. The van der Waals surface area contributed by atoms with E-state index < -0.39 is 17.8 Å². The smallest absolute Gasteiger partial charge is 0.355 e. The van der Waals surface area contributed by atoms with Gasteiger partial charge < -0.3 is 5.32 Å². The number of carbonyl (C=O) groups is 1. The van der Waals surface area contributed by atoms with Gasteiger partial charge in [-0.25, -0.2) is 9.97 Å². The SMILES string of the molecule is CC#CCCNC(=O)C1CCc2nc(C)nc(C(F)(F)F)c2C1. The summed E-state index contributed by atoms with van der Waals surface area (Å²) >= 11 is 0. The van der Waals surface area contributed by atoms with Crippen LogP contribution in [-0.4, -0.2) is 22.4 Å². The van der Waals surface area contributed by atoms with Crippen LogP contribution in [0.5, 0.6) is 0 Å². The summed E-state index contributed by atoms with van der Waals surface area (Å²) < 4.78 is 39.5. The molecule has 23 heavy (non-hydrogen) atoms. The van der Waals surface area contributed by atoms with Gasteiger partial charge in [-0.2, -0.15) is 13.2 Å². The minimum Gasteiger partial charge on any atom is -0.355 e. The Labute approximate surface area is 132 Å². The molecule has 0 saturated heterocycles. The Kier molecular flexibility index (Phi) is 5.24. The topological polar surface area (TPSA) is 54.9 Å². The largest absolute Gasteiger partial charge is 0.433 e. The molecule has 0 spiro atoms. The molecule has 1 N–H and O–H groups in total. The molecule has 1 heterocycles. The Bertz CT molecular complexity index is 659. The minimum absolute atomic E-state index is 0.0236. The number of alkyl halides is 3. The molecule has 1 atom stereocenters. The average molecular weight is 325 g/mol. The van der Waals surface area contributed by atoms with E-state index in [1.165, 1.54) is 6.92 Å². The number of nitrogens with one attached hydrogen (secondary N) is 1.